The molecule has 0 aromatic rings. The molecule has 0 saturated heterocycles. The van der Waals surface area contributed by atoms with Gasteiger partial charge in [-0.15, -0.1) is 0 Å². The highest BCUT2D eigenvalue weighted by molar-refractivity contribution is 6.25. The minimum absolute atomic E-state index is 0.167. The van der Waals surface area contributed by atoms with Crippen LogP contribution < -0.4 is 0 Å². The van der Waals surface area contributed by atoms with Crippen LogP contribution in [0.3, 0.4) is 0 Å². The monoisotopic (exact) mass is 146 g/mol. The molecule has 0 fully saturated rings. The summed E-state index contributed by atoms with van der Waals surface area (Å²) in [6, 6.07) is 0. The van der Waals surface area contributed by atoms with Crippen molar-refractivity contribution < 1.29 is 5.11 Å². The fourth-order valence-corrected chi connectivity index (χ4v) is 0.154. The summed E-state index contributed by atoms with van der Waals surface area (Å²) in [4.78, 5) is 0. The van der Waals surface area contributed by atoms with E-state index in [2.05, 4.69) is 13.2 Å². The van der Waals surface area contributed by atoms with Crippen LogP contribution in [0.25, 0.3) is 0 Å². The number of allylic oxidation sites excluding steroid dienone is 3. The minimum atomic E-state index is 0.167. The predicted octanol–water partition coefficient (Wildman–Crippen LogP) is 3.00. The van der Waals surface area contributed by atoms with Crippen molar-refractivity contribution in [3.05, 3.63) is 36.6 Å². The zero-order chi connectivity index (χ0) is 7.70. The second kappa shape index (κ2) is 10.3. The number of hydrogen-bond donors (Lipinski definition) is 1. The van der Waals surface area contributed by atoms with E-state index in [1.54, 1.807) is 12.2 Å². The summed E-state index contributed by atoms with van der Waals surface area (Å²) in [5.41, 5.74) is 1.41. The summed E-state index contributed by atoms with van der Waals surface area (Å²) in [5.74, 6) is 0.167. The number of halogens is 1. The molecule has 0 saturated carbocycles. The van der Waals surface area contributed by atoms with Crippen LogP contribution in [0.15, 0.2) is 36.6 Å². The molecule has 0 aliphatic heterocycles. The molecule has 0 aromatic heterocycles. The quantitative estimate of drug-likeness (QED) is 0.446. The molecule has 0 aliphatic rings. The van der Waals surface area contributed by atoms with Gasteiger partial charge in [0.1, 0.15) is 0 Å². The van der Waals surface area contributed by atoms with E-state index in [0.29, 0.717) is 0 Å². The van der Waals surface area contributed by atoms with E-state index in [0.717, 1.165) is 0 Å². The fraction of sp³-hybridized carbons (Fsp3) is 0.143. The van der Waals surface area contributed by atoms with Gasteiger partial charge in [-0.3, -0.25) is 0 Å². The highest BCUT2D eigenvalue weighted by Gasteiger charge is 1.53. The van der Waals surface area contributed by atoms with Gasteiger partial charge < -0.3 is 5.11 Å². The fourth-order valence-electron chi connectivity index (χ4n) is 0.0514. The summed E-state index contributed by atoms with van der Waals surface area (Å²) < 4.78 is 0. The average Bonchev–Trinajstić information content (AvgIpc) is 1.66. The van der Waals surface area contributed by atoms with Gasteiger partial charge in [0, 0.05) is 5.54 Å². The number of aliphatic hydroxyl groups is 1. The summed E-state index contributed by atoms with van der Waals surface area (Å²) >= 11 is 5.05. The van der Waals surface area contributed by atoms with Gasteiger partial charge >= 0.3 is 0 Å². The van der Waals surface area contributed by atoms with E-state index < -0.39 is 0 Å². The van der Waals surface area contributed by atoms with Crippen molar-refractivity contribution in [2.24, 2.45) is 0 Å². The van der Waals surface area contributed by atoms with Crippen LogP contribution in [0.2, 0.25) is 0 Å². The Labute approximate surface area is 61.0 Å². The Morgan fingerprint density at radius 2 is 2.00 bits per heavy atom. The highest BCUT2D eigenvalue weighted by Crippen LogP contribution is 1.74. The van der Waals surface area contributed by atoms with Crippen molar-refractivity contribution in [1.82, 2.24) is 0 Å². The van der Waals surface area contributed by atoms with Gasteiger partial charge in [0.2, 0.25) is 0 Å². The van der Waals surface area contributed by atoms with Gasteiger partial charge in [-0.2, -0.15) is 0 Å². The SMILES string of the molecule is C=C(C)O.C=C/C=C/Cl. The first kappa shape index (κ1) is 11.2. The first-order valence-electron chi connectivity index (χ1n) is 2.37. The molecule has 0 rings (SSSR count). The van der Waals surface area contributed by atoms with Gasteiger partial charge in [0.25, 0.3) is 0 Å². The molecule has 2 heteroatoms. The molecule has 0 spiro atoms. The van der Waals surface area contributed by atoms with E-state index in [9.17, 15) is 0 Å². The van der Waals surface area contributed by atoms with Gasteiger partial charge in [0.05, 0.1) is 5.76 Å². The zero-order valence-corrected chi connectivity index (χ0v) is 6.23. The summed E-state index contributed by atoms with van der Waals surface area (Å²) in [6.45, 7) is 8.02. The molecule has 1 nitrogen and oxygen atoms in total. The van der Waals surface area contributed by atoms with Crippen molar-refractivity contribution in [3.8, 4) is 0 Å². The maximum absolute atomic E-state index is 7.86. The Balaban J connectivity index is 0. The van der Waals surface area contributed by atoms with Crippen molar-refractivity contribution >= 4 is 11.6 Å². The molecule has 0 atom stereocenters. The van der Waals surface area contributed by atoms with E-state index in [-0.39, 0.29) is 5.76 Å². The van der Waals surface area contributed by atoms with Crippen molar-refractivity contribution in [2.75, 3.05) is 0 Å². The van der Waals surface area contributed by atoms with Crippen LogP contribution in [0.5, 0.6) is 0 Å². The van der Waals surface area contributed by atoms with E-state index in [1.807, 2.05) is 0 Å². The maximum Gasteiger partial charge on any atom is 0.0820 e. The zero-order valence-electron chi connectivity index (χ0n) is 5.47. The summed E-state index contributed by atoms with van der Waals surface area (Å²) in [6.07, 6.45) is 3.27. The van der Waals surface area contributed by atoms with Crippen LogP contribution in [-0.4, -0.2) is 5.11 Å². The Morgan fingerprint density at radius 1 is 1.67 bits per heavy atom. The summed E-state index contributed by atoms with van der Waals surface area (Å²) in [5, 5.41) is 7.86. The number of rotatable bonds is 1. The molecular weight excluding hydrogens is 136 g/mol. The number of hydrogen-bond acceptors (Lipinski definition) is 1. The molecule has 9 heavy (non-hydrogen) atoms. The summed E-state index contributed by atoms with van der Waals surface area (Å²) in [7, 11) is 0. The lowest BCUT2D eigenvalue weighted by Gasteiger charge is -1.68. The van der Waals surface area contributed by atoms with Crippen molar-refractivity contribution in [2.45, 2.75) is 6.92 Å². The van der Waals surface area contributed by atoms with Crippen LogP contribution in [-0.2, 0) is 0 Å². The van der Waals surface area contributed by atoms with E-state index >= 15 is 0 Å². The minimum Gasteiger partial charge on any atom is -0.513 e. The molecule has 0 amide bonds. The Hall–Kier alpha value is -0.690. The normalized spacial score (nSPS) is 7.78. The molecule has 0 bridgehead atoms. The molecule has 1 N–H and O–H groups in total. The van der Waals surface area contributed by atoms with Crippen LogP contribution in [0.1, 0.15) is 6.92 Å². The van der Waals surface area contributed by atoms with Gasteiger partial charge in [0.15, 0.2) is 0 Å². The molecule has 52 valence electrons. The highest BCUT2D eigenvalue weighted by atomic mass is 35.5. The topological polar surface area (TPSA) is 20.2 Å². The molecule has 0 radical (unpaired) electrons. The molecule has 0 unspecified atom stereocenters. The third-order valence-corrected chi connectivity index (χ3v) is 0.354. The lowest BCUT2D eigenvalue weighted by atomic mass is 10.6. The Bertz CT molecular complexity index is 101. The van der Waals surface area contributed by atoms with Gasteiger partial charge in [-0.1, -0.05) is 36.9 Å². The van der Waals surface area contributed by atoms with Gasteiger partial charge in [-0.25, -0.2) is 0 Å². The smallest absolute Gasteiger partial charge is 0.0820 e. The van der Waals surface area contributed by atoms with Crippen LogP contribution >= 0.6 is 11.6 Å². The Kier molecular flexibility index (Phi) is 12.8. The Morgan fingerprint density at radius 3 is 2.00 bits per heavy atom. The second-order valence-electron chi connectivity index (χ2n) is 1.29. The van der Waals surface area contributed by atoms with Crippen molar-refractivity contribution in [1.29, 1.82) is 0 Å². The van der Waals surface area contributed by atoms with Crippen molar-refractivity contribution in [3.63, 3.8) is 0 Å². The van der Waals surface area contributed by atoms with E-state index in [4.69, 9.17) is 16.7 Å². The molecule has 0 aromatic carbocycles. The third kappa shape index (κ3) is 120. The van der Waals surface area contributed by atoms with E-state index in [1.165, 1.54) is 12.5 Å². The van der Waals surface area contributed by atoms with Crippen LogP contribution in [0.4, 0.5) is 0 Å². The number of aliphatic hydroxyl groups excluding tert-OH is 1. The standard InChI is InChI=1S/C4H5Cl.C3H6O/c1-2-3-4-5;1-3(2)4/h2-4H,1H2;4H,1H2,2H3/b4-3+;. The molecule has 0 aliphatic carbocycles. The first-order valence-corrected chi connectivity index (χ1v) is 2.81. The maximum atomic E-state index is 7.86. The third-order valence-electron chi connectivity index (χ3n) is 0.209. The van der Waals surface area contributed by atoms with Gasteiger partial charge in [-0.05, 0) is 6.92 Å². The lowest BCUT2D eigenvalue weighted by molar-refractivity contribution is 0.417. The molecular formula is C7H11ClO. The van der Waals surface area contributed by atoms with Crippen LogP contribution in [0, 0.1) is 0 Å². The molecule has 0 heterocycles. The largest absolute Gasteiger partial charge is 0.513 e. The average molecular weight is 147 g/mol. The predicted molar refractivity (Wildman–Crippen MR) is 42.6 cm³/mol. The first-order chi connectivity index (χ1) is 4.15. The lowest BCUT2D eigenvalue weighted by Crippen LogP contribution is -1.54. The second-order valence-corrected chi connectivity index (χ2v) is 1.54.